The molecule has 0 saturated carbocycles. The van der Waals surface area contributed by atoms with Crippen molar-refractivity contribution in [2.24, 2.45) is 0 Å². The molecule has 5 rings (SSSR count). The van der Waals surface area contributed by atoms with Crippen LogP contribution in [-0.2, 0) is 0 Å². The summed E-state index contributed by atoms with van der Waals surface area (Å²) in [6.07, 6.45) is 4.43. The summed E-state index contributed by atoms with van der Waals surface area (Å²) in [6, 6.07) is 13.6. The first-order chi connectivity index (χ1) is 13.2. The Kier molecular flexibility index (Phi) is 3.76. The lowest BCUT2D eigenvalue weighted by Gasteiger charge is -2.29. The van der Waals surface area contributed by atoms with Gasteiger partial charge >= 0.3 is 0 Å². The van der Waals surface area contributed by atoms with Gasteiger partial charge in [0.1, 0.15) is 18.9 Å². The largest absolute Gasteiger partial charge is 0.485 e. The molecule has 1 aliphatic carbocycles. The summed E-state index contributed by atoms with van der Waals surface area (Å²) in [6.45, 7) is 4.14. The monoisotopic (exact) mass is 359 g/mol. The Morgan fingerprint density at radius 1 is 1.00 bits per heavy atom. The van der Waals surface area contributed by atoms with E-state index in [1.807, 2.05) is 48.7 Å². The van der Waals surface area contributed by atoms with Crippen molar-refractivity contribution >= 4 is 16.6 Å². The van der Waals surface area contributed by atoms with Crippen molar-refractivity contribution in [3.63, 3.8) is 0 Å². The van der Waals surface area contributed by atoms with Crippen molar-refractivity contribution in [1.82, 2.24) is 4.98 Å². The molecule has 2 aliphatic rings. The fourth-order valence-electron chi connectivity index (χ4n) is 4.51. The lowest BCUT2D eigenvalue weighted by atomic mass is 9.85. The van der Waals surface area contributed by atoms with Crippen LogP contribution in [0, 0.1) is 0 Å². The van der Waals surface area contributed by atoms with Gasteiger partial charge in [-0.15, -0.1) is 0 Å². The number of ketones is 1. The maximum atomic E-state index is 13.0. The zero-order valence-electron chi connectivity index (χ0n) is 15.6. The van der Waals surface area contributed by atoms with Crippen LogP contribution in [0.25, 0.3) is 22.0 Å². The maximum Gasteiger partial charge on any atom is 0.194 e. The third-order valence-electron chi connectivity index (χ3n) is 6.08. The van der Waals surface area contributed by atoms with E-state index < -0.39 is 0 Å². The second-order valence-corrected chi connectivity index (χ2v) is 7.92. The normalized spacial score (nSPS) is 17.1. The first-order valence-electron chi connectivity index (χ1n) is 9.68. The number of likely N-dealkylation sites (N-methyl/N-ethyl adjacent to an activating group) is 1. The summed E-state index contributed by atoms with van der Waals surface area (Å²) in [4.78, 5) is 17.7. The minimum atomic E-state index is 0.0674. The number of hydrogen-bond acceptors (Lipinski definition) is 3. The van der Waals surface area contributed by atoms with Gasteiger partial charge in [-0.05, 0) is 0 Å². The van der Waals surface area contributed by atoms with E-state index in [9.17, 15) is 4.79 Å². The van der Waals surface area contributed by atoms with Crippen LogP contribution in [0.2, 0.25) is 0 Å². The minimum Gasteiger partial charge on any atom is -0.485 e. The zero-order chi connectivity index (χ0) is 18.4. The van der Waals surface area contributed by atoms with Crippen LogP contribution in [0.3, 0.4) is 0 Å². The fourth-order valence-corrected chi connectivity index (χ4v) is 4.51. The highest BCUT2D eigenvalue weighted by Crippen LogP contribution is 2.40. The van der Waals surface area contributed by atoms with Crippen molar-refractivity contribution in [2.75, 3.05) is 33.3 Å². The predicted molar refractivity (Wildman–Crippen MR) is 106 cm³/mol. The molecular weight excluding hydrogens is 336 g/mol. The molecule has 1 aromatic heterocycles. The van der Waals surface area contributed by atoms with Gasteiger partial charge in [0.2, 0.25) is 0 Å². The zero-order valence-corrected chi connectivity index (χ0v) is 15.6. The molecule has 3 aromatic rings. The second-order valence-electron chi connectivity index (χ2n) is 7.92. The Balaban J connectivity index is 1.54. The molecule has 1 saturated heterocycles. The molecule has 0 amide bonds. The number of hydrogen-bond donors (Lipinski definition) is 0. The minimum absolute atomic E-state index is 0.0674. The number of rotatable bonds is 4. The van der Waals surface area contributed by atoms with E-state index in [1.54, 1.807) is 0 Å². The third kappa shape index (κ3) is 2.63. The number of aromatic nitrogens is 1. The van der Waals surface area contributed by atoms with Crippen LogP contribution in [0.1, 0.15) is 28.8 Å². The van der Waals surface area contributed by atoms with Gasteiger partial charge in [-0.25, -0.2) is 0 Å². The maximum absolute atomic E-state index is 13.0. The van der Waals surface area contributed by atoms with Gasteiger partial charge in [-0.3, -0.25) is 9.78 Å². The molecule has 0 atom stereocenters. The van der Waals surface area contributed by atoms with Crippen LogP contribution < -0.4 is 4.74 Å². The van der Waals surface area contributed by atoms with E-state index in [2.05, 4.69) is 7.05 Å². The summed E-state index contributed by atoms with van der Waals surface area (Å²) >= 11 is 0. The number of pyridine rings is 1. The van der Waals surface area contributed by atoms with E-state index in [-0.39, 0.29) is 5.78 Å². The van der Waals surface area contributed by atoms with Gasteiger partial charge in [-0.2, -0.15) is 0 Å². The Bertz CT molecular complexity index is 1050. The van der Waals surface area contributed by atoms with Crippen molar-refractivity contribution in [2.45, 2.75) is 12.8 Å². The number of ether oxygens (including phenoxy) is 1. The van der Waals surface area contributed by atoms with Gasteiger partial charge < -0.3 is 9.22 Å². The summed E-state index contributed by atoms with van der Waals surface area (Å²) in [5.74, 6) is 0.839. The molecule has 27 heavy (non-hydrogen) atoms. The average molecular weight is 359 g/mol. The molecule has 2 heterocycles. The first kappa shape index (κ1) is 16.5. The van der Waals surface area contributed by atoms with Crippen molar-refractivity contribution in [1.29, 1.82) is 0 Å². The number of nitrogens with zero attached hydrogens (tertiary/aromatic N) is 2. The summed E-state index contributed by atoms with van der Waals surface area (Å²) in [7, 11) is 2.31. The Hall–Kier alpha value is -2.72. The molecule has 0 bridgehead atoms. The van der Waals surface area contributed by atoms with E-state index in [4.69, 9.17) is 9.72 Å². The number of likely N-dealkylation sites (tertiary alicyclic amines) is 1. The molecule has 1 aliphatic heterocycles. The van der Waals surface area contributed by atoms with E-state index >= 15 is 0 Å². The van der Waals surface area contributed by atoms with Crippen molar-refractivity contribution in [3.05, 3.63) is 59.8 Å². The molecule has 136 valence electrons. The van der Waals surface area contributed by atoms with Crippen LogP contribution in [0.4, 0.5) is 0 Å². The van der Waals surface area contributed by atoms with E-state index in [1.165, 1.54) is 25.9 Å². The third-order valence-corrected chi connectivity index (χ3v) is 6.08. The first-order valence-corrected chi connectivity index (χ1v) is 9.68. The number of carbonyl (C=O) groups is 1. The van der Waals surface area contributed by atoms with Gasteiger partial charge in [-0.1, -0.05) is 42.5 Å². The Labute approximate surface area is 159 Å². The smallest absolute Gasteiger partial charge is 0.194 e. The van der Waals surface area contributed by atoms with E-state index in [0.717, 1.165) is 49.9 Å². The lowest BCUT2D eigenvalue weighted by molar-refractivity contribution is -0.897. The van der Waals surface area contributed by atoms with Gasteiger partial charge in [0.15, 0.2) is 5.78 Å². The fraction of sp³-hybridized carbons (Fsp3) is 0.304. The molecule has 0 unspecified atom stereocenters. The predicted octanol–water partition coefficient (Wildman–Crippen LogP) is 4.07. The van der Waals surface area contributed by atoms with Crippen LogP contribution in [-0.4, -0.2) is 48.5 Å². The number of carbonyl (C=O) groups excluding carboxylic acids is 1. The van der Waals surface area contributed by atoms with E-state index in [0.29, 0.717) is 6.61 Å². The summed E-state index contributed by atoms with van der Waals surface area (Å²) < 4.78 is 7.24. The number of quaternary nitrogens is 1. The highest BCUT2D eigenvalue weighted by molar-refractivity contribution is 6.25. The second kappa shape index (κ2) is 6.17. The Morgan fingerprint density at radius 2 is 1.74 bits per heavy atom. The molecule has 4 nitrogen and oxygen atoms in total. The van der Waals surface area contributed by atoms with Crippen molar-refractivity contribution < 1.29 is 14.0 Å². The molecule has 2 aromatic carbocycles. The SMILES string of the molecule is C[N+]1(CCOc2cnc3c4c(cccc24)C(=O)c2ccccc2-3)CCCC1. The highest BCUT2D eigenvalue weighted by atomic mass is 16.5. The van der Waals surface area contributed by atoms with Gasteiger partial charge in [0.05, 0.1) is 32.0 Å². The van der Waals surface area contributed by atoms with Gasteiger partial charge in [0, 0.05) is 40.3 Å². The summed E-state index contributed by atoms with van der Waals surface area (Å²) in [5.41, 5.74) is 3.23. The molecule has 0 spiro atoms. The number of fused-ring (bicyclic) bond motifs is 2. The van der Waals surface area contributed by atoms with Gasteiger partial charge in [0.25, 0.3) is 0 Å². The highest BCUT2D eigenvalue weighted by Gasteiger charge is 2.28. The average Bonchev–Trinajstić information content (AvgIpc) is 3.13. The van der Waals surface area contributed by atoms with Crippen LogP contribution >= 0.6 is 0 Å². The topological polar surface area (TPSA) is 39.2 Å². The van der Waals surface area contributed by atoms with Crippen LogP contribution in [0.15, 0.2) is 48.7 Å². The molecular formula is C23H23N2O2+. The standard InChI is InChI=1S/C23H23N2O2/c1-25(11-4-5-12-25)13-14-27-20-15-24-22-16-7-2-3-8-17(16)23(26)19-10-6-9-18(20)21(19)22/h2-3,6-10,15H,4-5,11-14H2,1H3/q+1. The van der Waals surface area contributed by atoms with Crippen molar-refractivity contribution in [3.8, 4) is 17.0 Å². The summed E-state index contributed by atoms with van der Waals surface area (Å²) in [5, 5.41) is 1.89. The van der Waals surface area contributed by atoms with Crippen LogP contribution in [0.5, 0.6) is 5.75 Å². The lowest BCUT2D eigenvalue weighted by Crippen LogP contribution is -2.43. The Morgan fingerprint density at radius 3 is 2.56 bits per heavy atom. The molecule has 4 heteroatoms. The molecule has 0 N–H and O–H groups in total. The quantitative estimate of drug-likeness (QED) is 0.516. The molecule has 0 radical (unpaired) electrons. The number of benzene rings is 2. The molecule has 1 fully saturated rings.